The largest absolute Gasteiger partial charge is 0.441 e. The van der Waals surface area contributed by atoms with Gasteiger partial charge in [0.15, 0.2) is 0 Å². The first kappa shape index (κ1) is 24.6. The second-order valence-corrected chi connectivity index (χ2v) is 10.4. The first-order chi connectivity index (χ1) is 17.6. The summed E-state index contributed by atoms with van der Waals surface area (Å²) in [7, 11) is 0. The molecule has 0 bridgehead atoms. The van der Waals surface area contributed by atoms with Gasteiger partial charge in [-0.15, -0.1) is 0 Å². The predicted molar refractivity (Wildman–Crippen MR) is 147 cm³/mol. The SMILES string of the molecule is CCCc1cc(CN2CCC3(CC2)CN(c2ccccc2)C(=O)O3)cc(CCC)c1-c1ccccc1. The standard InChI is InChI=1S/C32H38N2O2/c1-3-11-27-21-25(22-28(12-4-2)30(27)26-13-7-5-8-14-26)23-33-19-17-32(18-20-33)24-34(31(35)36-32)29-15-9-6-10-16-29/h5-10,13-16,21-22H,3-4,11-12,17-20,23-24H2,1-2H3. The van der Waals surface area contributed by atoms with Crippen LogP contribution < -0.4 is 4.90 Å². The van der Waals surface area contributed by atoms with E-state index in [0.29, 0.717) is 6.54 Å². The van der Waals surface area contributed by atoms with Gasteiger partial charge in [-0.1, -0.05) is 87.4 Å². The molecular weight excluding hydrogens is 444 g/mol. The Kier molecular flexibility index (Phi) is 7.43. The van der Waals surface area contributed by atoms with E-state index >= 15 is 0 Å². The zero-order chi connectivity index (χ0) is 25.0. The van der Waals surface area contributed by atoms with Crippen molar-refractivity contribution in [3.05, 3.63) is 89.5 Å². The quantitative estimate of drug-likeness (QED) is 0.339. The maximum absolute atomic E-state index is 12.7. The topological polar surface area (TPSA) is 32.8 Å². The molecule has 1 amide bonds. The van der Waals surface area contributed by atoms with E-state index in [0.717, 1.165) is 63.8 Å². The number of nitrogens with zero attached hydrogens (tertiary/aromatic N) is 2. The van der Waals surface area contributed by atoms with Crippen molar-refractivity contribution in [1.29, 1.82) is 0 Å². The number of hydrogen-bond donors (Lipinski definition) is 0. The minimum Gasteiger partial charge on any atom is -0.441 e. The number of anilines is 1. The van der Waals surface area contributed by atoms with Crippen LogP contribution in [0, 0.1) is 0 Å². The molecule has 0 saturated carbocycles. The summed E-state index contributed by atoms with van der Waals surface area (Å²) in [5, 5.41) is 0. The number of para-hydroxylation sites is 1. The molecule has 36 heavy (non-hydrogen) atoms. The number of rotatable bonds is 8. The van der Waals surface area contributed by atoms with Crippen molar-refractivity contribution >= 4 is 11.8 Å². The van der Waals surface area contributed by atoms with Crippen molar-refractivity contribution in [3.63, 3.8) is 0 Å². The van der Waals surface area contributed by atoms with Crippen molar-refractivity contribution in [3.8, 4) is 11.1 Å². The molecule has 4 heteroatoms. The van der Waals surface area contributed by atoms with Gasteiger partial charge in [-0.3, -0.25) is 9.80 Å². The van der Waals surface area contributed by atoms with Crippen molar-refractivity contribution in [1.82, 2.24) is 4.90 Å². The van der Waals surface area contributed by atoms with Gasteiger partial charge in [0, 0.05) is 38.2 Å². The summed E-state index contributed by atoms with van der Waals surface area (Å²) in [5.41, 5.74) is 7.70. The lowest BCUT2D eigenvalue weighted by Gasteiger charge is -2.37. The highest BCUT2D eigenvalue weighted by molar-refractivity contribution is 5.90. The summed E-state index contributed by atoms with van der Waals surface area (Å²) in [6.45, 7) is 8.04. The van der Waals surface area contributed by atoms with E-state index in [1.54, 1.807) is 4.90 Å². The van der Waals surface area contributed by atoms with Gasteiger partial charge >= 0.3 is 6.09 Å². The van der Waals surface area contributed by atoms with Crippen LogP contribution in [-0.2, 0) is 24.1 Å². The third-order valence-electron chi connectivity index (χ3n) is 7.67. The van der Waals surface area contributed by atoms with E-state index in [1.165, 1.54) is 27.8 Å². The van der Waals surface area contributed by atoms with Gasteiger partial charge in [-0.05, 0) is 52.8 Å². The van der Waals surface area contributed by atoms with E-state index in [-0.39, 0.29) is 11.7 Å². The number of aryl methyl sites for hydroxylation is 2. The number of amides is 1. The molecule has 2 heterocycles. The molecule has 2 aliphatic heterocycles. The molecule has 0 N–H and O–H groups in total. The average molecular weight is 483 g/mol. The molecule has 2 fully saturated rings. The molecule has 5 rings (SSSR count). The lowest BCUT2D eigenvalue weighted by Crippen LogP contribution is -2.46. The summed E-state index contributed by atoms with van der Waals surface area (Å²) < 4.78 is 5.98. The molecular formula is C32H38N2O2. The number of piperidine rings is 1. The lowest BCUT2D eigenvalue weighted by atomic mass is 9.87. The molecule has 188 valence electrons. The number of carbonyl (C=O) groups is 1. The highest BCUT2D eigenvalue weighted by atomic mass is 16.6. The summed E-state index contributed by atoms with van der Waals surface area (Å²) in [6.07, 6.45) is 6.04. The fourth-order valence-corrected chi connectivity index (χ4v) is 5.91. The average Bonchev–Trinajstić information content (AvgIpc) is 3.22. The van der Waals surface area contributed by atoms with Gasteiger partial charge in [0.25, 0.3) is 0 Å². The normalized spacial score (nSPS) is 17.5. The number of carbonyl (C=O) groups excluding carboxylic acids is 1. The van der Waals surface area contributed by atoms with Crippen LogP contribution in [-0.4, -0.2) is 36.2 Å². The van der Waals surface area contributed by atoms with Crippen LogP contribution in [0.4, 0.5) is 10.5 Å². The Morgan fingerprint density at radius 1 is 0.833 bits per heavy atom. The van der Waals surface area contributed by atoms with E-state index < -0.39 is 0 Å². The maximum atomic E-state index is 12.7. The molecule has 0 atom stereocenters. The fourth-order valence-electron chi connectivity index (χ4n) is 5.91. The van der Waals surface area contributed by atoms with Crippen LogP contribution in [0.1, 0.15) is 56.2 Å². The second kappa shape index (κ2) is 10.9. The van der Waals surface area contributed by atoms with E-state index in [1.807, 2.05) is 30.3 Å². The molecule has 2 aliphatic rings. The van der Waals surface area contributed by atoms with Crippen LogP contribution in [0.5, 0.6) is 0 Å². The van der Waals surface area contributed by atoms with Crippen molar-refractivity contribution in [2.75, 3.05) is 24.5 Å². The van der Waals surface area contributed by atoms with Crippen molar-refractivity contribution in [2.24, 2.45) is 0 Å². The number of ether oxygens (including phenoxy) is 1. The second-order valence-electron chi connectivity index (χ2n) is 10.4. The highest BCUT2D eigenvalue weighted by Crippen LogP contribution is 2.37. The zero-order valence-electron chi connectivity index (χ0n) is 21.7. The Labute approximate surface area is 215 Å². The number of benzene rings is 3. The molecule has 3 aromatic carbocycles. The molecule has 0 unspecified atom stereocenters. The predicted octanol–water partition coefficient (Wildman–Crippen LogP) is 7.25. The van der Waals surface area contributed by atoms with Crippen molar-refractivity contribution < 1.29 is 9.53 Å². The summed E-state index contributed by atoms with van der Waals surface area (Å²) in [6, 6.07) is 25.7. The first-order valence-electron chi connectivity index (χ1n) is 13.6. The molecule has 0 aliphatic carbocycles. The van der Waals surface area contributed by atoms with E-state index in [4.69, 9.17) is 4.74 Å². The summed E-state index contributed by atoms with van der Waals surface area (Å²) in [5.74, 6) is 0. The van der Waals surface area contributed by atoms with Crippen LogP contribution in [0.15, 0.2) is 72.8 Å². The Bertz CT molecular complexity index is 1140. The molecule has 3 aromatic rings. The van der Waals surface area contributed by atoms with Crippen LogP contribution in [0.25, 0.3) is 11.1 Å². The van der Waals surface area contributed by atoms with Gasteiger partial charge < -0.3 is 4.74 Å². The third-order valence-corrected chi connectivity index (χ3v) is 7.67. The van der Waals surface area contributed by atoms with Gasteiger partial charge in [0.2, 0.25) is 0 Å². The van der Waals surface area contributed by atoms with Crippen molar-refractivity contribution in [2.45, 2.75) is 64.5 Å². The van der Waals surface area contributed by atoms with Crippen LogP contribution in [0.3, 0.4) is 0 Å². The smallest absolute Gasteiger partial charge is 0.415 e. The molecule has 0 radical (unpaired) electrons. The van der Waals surface area contributed by atoms with Crippen LogP contribution >= 0.6 is 0 Å². The minimum atomic E-state index is -0.360. The van der Waals surface area contributed by atoms with Gasteiger partial charge in [0.05, 0.1) is 6.54 Å². The lowest BCUT2D eigenvalue weighted by molar-refractivity contribution is -0.000980. The van der Waals surface area contributed by atoms with Gasteiger partial charge in [0.1, 0.15) is 5.60 Å². The Morgan fingerprint density at radius 2 is 1.42 bits per heavy atom. The first-order valence-corrected chi connectivity index (χ1v) is 13.6. The Morgan fingerprint density at radius 3 is 2.00 bits per heavy atom. The zero-order valence-corrected chi connectivity index (χ0v) is 21.7. The van der Waals surface area contributed by atoms with E-state index in [9.17, 15) is 4.79 Å². The molecule has 2 saturated heterocycles. The number of hydrogen-bond acceptors (Lipinski definition) is 3. The Hall–Kier alpha value is -3.11. The monoisotopic (exact) mass is 482 g/mol. The maximum Gasteiger partial charge on any atom is 0.415 e. The van der Waals surface area contributed by atoms with E-state index in [2.05, 4.69) is 61.2 Å². The molecule has 1 spiro atoms. The summed E-state index contributed by atoms with van der Waals surface area (Å²) >= 11 is 0. The fraction of sp³-hybridized carbons (Fsp3) is 0.406. The van der Waals surface area contributed by atoms with Gasteiger partial charge in [-0.2, -0.15) is 0 Å². The molecule has 4 nitrogen and oxygen atoms in total. The molecule has 0 aromatic heterocycles. The number of likely N-dealkylation sites (tertiary alicyclic amines) is 1. The van der Waals surface area contributed by atoms with Gasteiger partial charge in [-0.25, -0.2) is 4.79 Å². The highest BCUT2D eigenvalue weighted by Gasteiger charge is 2.47. The Balaban J connectivity index is 1.31. The minimum absolute atomic E-state index is 0.209. The van der Waals surface area contributed by atoms with Crippen LogP contribution in [0.2, 0.25) is 0 Å². The summed E-state index contributed by atoms with van der Waals surface area (Å²) in [4.78, 5) is 17.0. The third kappa shape index (κ3) is 5.19.